The first-order valence-electron chi connectivity index (χ1n) is 15.1. The maximum absolute atomic E-state index is 14.1. The number of nitrogen functional groups attached to an aromatic ring is 1. The Bertz CT molecular complexity index is 1820. The zero-order valence-corrected chi connectivity index (χ0v) is 25.4. The van der Waals surface area contributed by atoms with E-state index in [4.69, 9.17) is 15.2 Å². The number of rotatable bonds is 7. The molecule has 232 valence electrons. The number of imidazole rings is 1. The van der Waals surface area contributed by atoms with Crippen LogP contribution in [0.15, 0.2) is 77.4 Å². The summed E-state index contributed by atoms with van der Waals surface area (Å²) >= 11 is 0. The highest BCUT2D eigenvalue weighted by atomic mass is 16.5. The van der Waals surface area contributed by atoms with Gasteiger partial charge in [-0.15, -0.1) is 0 Å². The van der Waals surface area contributed by atoms with Crippen molar-refractivity contribution in [3.05, 3.63) is 83.1 Å². The first-order valence-corrected chi connectivity index (χ1v) is 15.1. The van der Waals surface area contributed by atoms with E-state index in [1.807, 2.05) is 44.2 Å². The number of hydrogen-bond acceptors (Lipinski definition) is 9. The lowest BCUT2D eigenvalue weighted by Crippen LogP contribution is -2.49. The number of piperidine rings is 1. The molecule has 6 rings (SSSR count). The molecule has 45 heavy (non-hydrogen) atoms. The fourth-order valence-electron chi connectivity index (χ4n) is 6.17. The van der Waals surface area contributed by atoms with Gasteiger partial charge in [-0.25, -0.2) is 14.8 Å². The molecule has 4 heterocycles. The van der Waals surface area contributed by atoms with Crippen LogP contribution in [0.5, 0.6) is 11.5 Å². The molecule has 2 aliphatic rings. The van der Waals surface area contributed by atoms with E-state index in [2.05, 4.69) is 20.9 Å². The molecule has 4 aromatic rings. The molecule has 0 saturated carbocycles. The Morgan fingerprint density at radius 2 is 1.78 bits per heavy atom. The van der Waals surface area contributed by atoms with Gasteiger partial charge in [-0.3, -0.25) is 18.8 Å². The minimum absolute atomic E-state index is 0.0892. The average molecular weight is 609 g/mol. The molecule has 2 saturated heterocycles. The van der Waals surface area contributed by atoms with Gasteiger partial charge in [0, 0.05) is 31.7 Å². The van der Waals surface area contributed by atoms with Crippen LogP contribution in [0, 0.1) is 11.3 Å². The molecule has 2 aliphatic heterocycles. The predicted molar refractivity (Wildman–Crippen MR) is 169 cm³/mol. The summed E-state index contributed by atoms with van der Waals surface area (Å²) in [6, 6.07) is 18.3. The molecule has 12 heteroatoms. The number of nitrogens with two attached hydrogens (primary N) is 1. The number of ether oxygens (including phenoxy) is 2. The molecule has 2 aromatic carbocycles. The van der Waals surface area contributed by atoms with Gasteiger partial charge in [-0.1, -0.05) is 18.2 Å². The zero-order valence-electron chi connectivity index (χ0n) is 25.4. The highest BCUT2D eigenvalue weighted by Gasteiger charge is 2.33. The standard InChI is InChI=1S/C33H36N8O4/c1-33(2,39-15-17-44-18-16-39)19-23(20-34)31(42)38-14-6-7-25(21-38)41-30-28(29(35)36-22-37-30)40(32(41)43)24-10-12-27(13-11-24)45-26-8-4-3-5-9-26/h3-5,8-13,19,22,25H,6-7,14-18,21H2,1-2H3,(H2,35,36,37)/b23-19-/t25-/m0/s1. The molecule has 2 fully saturated rings. The summed E-state index contributed by atoms with van der Waals surface area (Å²) in [5.74, 6) is 1.14. The van der Waals surface area contributed by atoms with Gasteiger partial charge in [-0.05, 0) is 69.2 Å². The molecular formula is C33H36N8O4. The second-order valence-corrected chi connectivity index (χ2v) is 11.8. The first kappa shape index (κ1) is 30.1. The van der Waals surface area contributed by atoms with Crippen molar-refractivity contribution in [3.8, 4) is 23.3 Å². The van der Waals surface area contributed by atoms with Gasteiger partial charge < -0.3 is 20.1 Å². The predicted octanol–water partition coefficient (Wildman–Crippen LogP) is 3.68. The van der Waals surface area contributed by atoms with Crippen LogP contribution in [-0.2, 0) is 9.53 Å². The fraction of sp³-hybridized carbons (Fsp3) is 0.364. The highest BCUT2D eigenvalue weighted by Crippen LogP contribution is 2.29. The van der Waals surface area contributed by atoms with Crippen LogP contribution in [-0.4, -0.2) is 79.7 Å². The number of fused-ring (bicyclic) bond motifs is 1. The van der Waals surface area contributed by atoms with Gasteiger partial charge in [0.1, 0.15) is 35.0 Å². The molecular weight excluding hydrogens is 572 g/mol. The summed E-state index contributed by atoms with van der Waals surface area (Å²) in [5, 5.41) is 10.0. The fourth-order valence-corrected chi connectivity index (χ4v) is 6.17. The quantitative estimate of drug-likeness (QED) is 0.245. The molecule has 1 atom stereocenters. The molecule has 0 spiro atoms. The number of hydrogen-bond donors (Lipinski definition) is 1. The number of para-hydroxylation sites is 1. The third-order valence-electron chi connectivity index (χ3n) is 8.48. The van der Waals surface area contributed by atoms with Crippen LogP contribution >= 0.6 is 0 Å². The van der Waals surface area contributed by atoms with Crippen molar-refractivity contribution in [1.82, 2.24) is 28.9 Å². The Balaban J connectivity index is 1.30. The number of morpholine rings is 1. The second-order valence-electron chi connectivity index (χ2n) is 11.8. The number of benzene rings is 2. The van der Waals surface area contributed by atoms with E-state index in [0.717, 1.165) is 13.1 Å². The SMILES string of the molecule is CC(C)(/C=C(/C#N)C(=O)N1CCC[C@H](n2c(=O)n(-c3ccc(Oc4ccccc4)cc3)c3c(N)ncnc32)C1)N1CCOCC1. The lowest BCUT2D eigenvalue weighted by Gasteiger charge is -2.39. The van der Waals surface area contributed by atoms with Gasteiger partial charge in [0.05, 0.1) is 24.9 Å². The van der Waals surface area contributed by atoms with Crippen LogP contribution in [0.3, 0.4) is 0 Å². The molecule has 1 amide bonds. The minimum Gasteiger partial charge on any atom is -0.457 e. The van der Waals surface area contributed by atoms with Crippen molar-refractivity contribution in [1.29, 1.82) is 5.26 Å². The van der Waals surface area contributed by atoms with Crippen LogP contribution in [0.2, 0.25) is 0 Å². The number of carbonyl (C=O) groups excluding carboxylic acids is 1. The normalized spacial score (nSPS) is 18.1. The molecule has 2 aromatic heterocycles. The Kier molecular flexibility index (Phi) is 8.38. The molecule has 0 aliphatic carbocycles. The van der Waals surface area contributed by atoms with E-state index in [0.29, 0.717) is 61.0 Å². The lowest BCUT2D eigenvalue weighted by molar-refractivity contribution is -0.128. The number of carbonyl (C=O) groups is 1. The minimum atomic E-state index is -0.500. The smallest absolute Gasteiger partial charge is 0.335 e. The maximum Gasteiger partial charge on any atom is 0.335 e. The zero-order chi connectivity index (χ0) is 31.6. The molecule has 0 unspecified atom stereocenters. The summed E-state index contributed by atoms with van der Waals surface area (Å²) in [6.45, 7) is 7.42. The topological polar surface area (TPSA) is 145 Å². The number of anilines is 1. The number of nitrogens with zero attached hydrogens (tertiary/aromatic N) is 7. The summed E-state index contributed by atoms with van der Waals surface area (Å²) in [4.78, 5) is 40.3. The number of likely N-dealkylation sites (tertiary alicyclic amines) is 1. The number of amides is 1. The molecule has 2 N–H and O–H groups in total. The average Bonchev–Trinajstić information content (AvgIpc) is 3.37. The second kappa shape index (κ2) is 12.6. The van der Waals surface area contributed by atoms with Gasteiger partial charge in [0.15, 0.2) is 11.5 Å². The van der Waals surface area contributed by atoms with Crippen LogP contribution in [0.4, 0.5) is 5.82 Å². The van der Waals surface area contributed by atoms with Crippen molar-refractivity contribution in [2.24, 2.45) is 0 Å². The van der Waals surface area contributed by atoms with E-state index in [1.165, 1.54) is 10.9 Å². The molecule has 0 bridgehead atoms. The van der Waals surface area contributed by atoms with E-state index >= 15 is 0 Å². The monoisotopic (exact) mass is 608 g/mol. The van der Waals surface area contributed by atoms with Gasteiger partial charge in [0.25, 0.3) is 5.91 Å². The van der Waals surface area contributed by atoms with E-state index in [9.17, 15) is 14.9 Å². The summed E-state index contributed by atoms with van der Waals surface area (Å²) in [7, 11) is 0. The van der Waals surface area contributed by atoms with Gasteiger partial charge >= 0.3 is 5.69 Å². The summed E-state index contributed by atoms with van der Waals surface area (Å²) in [5.41, 5.74) is 6.94. The van der Waals surface area contributed by atoms with Crippen molar-refractivity contribution >= 4 is 22.9 Å². The first-order chi connectivity index (χ1) is 21.8. The van der Waals surface area contributed by atoms with Crippen LogP contribution in [0.1, 0.15) is 32.7 Å². The number of aromatic nitrogens is 4. The Labute approximate surface area is 260 Å². The largest absolute Gasteiger partial charge is 0.457 e. The van der Waals surface area contributed by atoms with Crippen molar-refractivity contribution in [3.63, 3.8) is 0 Å². The Morgan fingerprint density at radius 1 is 1.07 bits per heavy atom. The van der Waals surface area contributed by atoms with Crippen molar-refractivity contribution < 1.29 is 14.3 Å². The Morgan fingerprint density at radius 3 is 2.49 bits per heavy atom. The van der Waals surface area contributed by atoms with E-state index in [-0.39, 0.29) is 35.6 Å². The van der Waals surface area contributed by atoms with Crippen molar-refractivity contribution in [2.75, 3.05) is 45.1 Å². The van der Waals surface area contributed by atoms with Crippen LogP contribution in [0.25, 0.3) is 16.9 Å². The Hall–Kier alpha value is -4.99. The summed E-state index contributed by atoms with van der Waals surface area (Å²) < 4.78 is 14.5. The maximum atomic E-state index is 14.1. The third-order valence-corrected chi connectivity index (χ3v) is 8.48. The molecule has 0 radical (unpaired) electrons. The highest BCUT2D eigenvalue weighted by molar-refractivity contribution is 5.97. The van der Waals surface area contributed by atoms with Gasteiger partial charge in [0.2, 0.25) is 0 Å². The third kappa shape index (κ3) is 6.05. The molecule has 12 nitrogen and oxygen atoms in total. The lowest BCUT2D eigenvalue weighted by atomic mass is 9.97. The van der Waals surface area contributed by atoms with Crippen LogP contribution < -0.4 is 16.2 Å². The number of nitriles is 1. The summed E-state index contributed by atoms with van der Waals surface area (Å²) in [6.07, 6.45) is 4.40. The van der Waals surface area contributed by atoms with Gasteiger partial charge in [-0.2, -0.15) is 5.26 Å². The van der Waals surface area contributed by atoms with E-state index in [1.54, 1.807) is 39.8 Å². The van der Waals surface area contributed by atoms with Crippen molar-refractivity contribution in [2.45, 2.75) is 38.3 Å². The van der Waals surface area contributed by atoms with E-state index < -0.39 is 5.54 Å².